The summed E-state index contributed by atoms with van der Waals surface area (Å²) in [5.74, 6) is 0.0130. The molecule has 3 heteroatoms. The smallest absolute Gasteiger partial charge is 0.336 e. The van der Waals surface area contributed by atoms with E-state index in [-0.39, 0.29) is 6.10 Å². The molecule has 0 spiro atoms. The highest BCUT2D eigenvalue weighted by Crippen LogP contribution is 2.34. The molecule has 1 N–H and O–H groups in total. The Bertz CT molecular complexity index is 689. The molecule has 0 bridgehead atoms. The fraction of sp³-hybridized carbons (Fsp3) is 0.235. The number of hydrogen-bond acceptors (Lipinski definition) is 2. The number of carbonyl (C=O) groups is 1. The molecule has 1 heterocycles. The summed E-state index contributed by atoms with van der Waals surface area (Å²) in [5, 5.41) is 9.36. The lowest BCUT2D eigenvalue weighted by molar-refractivity contribution is 0.0697. The van der Waals surface area contributed by atoms with Crippen LogP contribution < -0.4 is 4.74 Å². The number of carboxylic acid groups (broad SMARTS) is 1. The van der Waals surface area contributed by atoms with E-state index in [1.54, 1.807) is 6.07 Å². The second-order valence-corrected chi connectivity index (χ2v) is 5.31. The van der Waals surface area contributed by atoms with Gasteiger partial charge in [-0.3, -0.25) is 0 Å². The molecule has 1 aliphatic heterocycles. The molecule has 0 saturated heterocycles. The Morgan fingerprint density at radius 1 is 1.25 bits per heavy atom. The molecule has 0 radical (unpaired) electrons. The van der Waals surface area contributed by atoms with Crippen LogP contribution >= 0.6 is 0 Å². The van der Waals surface area contributed by atoms with Crippen molar-refractivity contribution in [2.75, 3.05) is 0 Å². The zero-order chi connectivity index (χ0) is 14.3. The largest absolute Gasteiger partial charge is 0.490 e. The maximum absolute atomic E-state index is 11.4. The van der Waals surface area contributed by atoms with Gasteiger partial charge < -0.3 is 9.84 Å². The van der Waals surface area contributed by atoms with Crippen LogP contribution in [0.5, 0.6) is 5.75 Å². The van der Waals surface area contributed by atoms with Crippen LogP contribution in [-0.4, -0.2) is 17.2 Å². The Kier molecular flexibility index (Phi) is 2.97. The number of benzene rings is 2. The topological polar surface area (TPSA) is 46.5 Å². The van der Waals surface area contributed by atoms with Gasteiger partial charge in [0.25, 0.3) is 0 Å². The van der Waals surface area contributed by atoms with Crippen molar-refractivity contribution >= 4 is 5.97 Å². The maximum atomic E-state index is 11.4. The second-order valence-electron chi connectivity index (χ2n) is 5.31. The first-order valence-corrected chi connectivity index (χ1v) is 6.68. The van der Waals surface area contributed by atoms with E-state index in [9.17, 15) is 9.90 Å². The average Bonchev–Trinajstić information content (AvgIpc) is 2.77. The van der Waals surface area contributed by atoms with E-state index in [1.165, 1.54) is 0 Å². The lowest BCUT2D eigenvalue weighted by atomic mass is 9.95. The van der Waals surface area contributed by atoms with Gasteiger partial charge >= 0.3 is 5.97 Å². The summed E-state index contributed by atoms with van der Waals surface area (Å²) < 4.78 is 5.68. The third-order valence-corrected chi connectivity index (χ3v) is 3.61. The lowest BCUT2D eigenvalue weighted by Crippen LogP contribution is -2.05. The van der Waals surface area contributed by atoms with Gasteiger partial charge in [0.1, 0.15) is 11.9 Å². The SMILES string of the molecule is Cc1ccc(-c2ccc3c(c2)CC(C)O3)c(C(=O)O)c1. The molecule has 1 aliphatic rings. The summed E-state index contributed by atoms with van der Waals surface area (Å²) in [6.07, 6.45) is 1.06. The van der Waals surface area contributed by atoms with Gasteiger partial charge in [0.2, 0.25) is 0 Å². The van der Waals surface area contributed by atoms with Crippen LogP contribution in [0.15, 0.2) is 36.4 Å². The molecule has 0 aromatic heterocycles. The molecule has 1 atom stereocenters. The maximum Gasteiger partial charge on any atom is 0.336 e. The summed E-state index contributed by atoms with van der Waals surface area (Å²) in [6, 6.07) is 11.4. The van der Waals surface area contributed by atoms with E-state index < -0.39 is 5.97 Å². The number of rotatable bonds is 2. The third-order valence-electron chi connectivity index (χ3n) is 3.61. The fourth-order valence-corrected chi connectivity index (χ4v) is 2.68. The van der Waals surface area contributed by atoms with Crippen molar-refractivity contribution in [1.82, 2.24) is 0 Å². The molecule has 0 amide bonds. The first-order valence-electron chi connectivity index (χ1n) is 6.68. The lowest BCUT2D eigenvalue weighted by Gasteiger charge is -2.09. The average molecular weight is 268 g/mol. The van der Waals surface area contributed by atoms with Gasteiger partial charge in [-0.05, 0) is 48.7 Å². The first kappa shape index (κ1) is 12.7. The van der Waals surface area contributed by atoms with Crippen molar-refractivity contribution < 1.29 is 14.6 Å². The van der Waals surface area contributed by atoms with Crippen LogP contribution in [0.3, 0.4) is 0 Å². The van der Waals surface area contributed by atoms with E-state index in [1.807, 2.05) is 44.2 Å². The molecule has 1 unspecified atom stereocenters. The Labute approximate surface area is 117 Å². The molecule has 3 rings (SSSR count). The van der Waals surface area contributed by atoms with Crippen molar-refractivity contribution in [3.8, 4) is 16.9 Å². The molecule has 102 valence electrons. The van der Waals surface area contributed by atoms with E-state index in [4.69, 9.17) is 4.74 Å². The molecular formula is C17H16O3. The highest BCUT2D eigenvalue weighted by Gasteiger charge is 2.20. The summed E-state index contributed by atoms with van der Waals surface area (Å²) in [6.45, 7) is 3.93. The van der Waals surface area contributed by atoms with E-state index >= 15 is 0 Å². The van der Waals surface area contributed by atoms with Crippen LogP contribution in [0, 0.1) is 6.92 Å². The number of carboxylic acids is 1. The molecule has 0 aliphatic carbocycles. The Hall–Kier alpha value is -2.29. The van der Waals surface area contributed by atoms with Crippen LogP contribution in [0.25, 0.3) is 11.1 Å². The number of fused-ring (bicyclic) bond motifs is 1. The minimum atomic E-state index is -0.895. The predicted octanol–water partition coefficient (Wildman–Crippen LogP) is 3.68. The van der Waals surface area contributed by atoms with Crippen molar-refractivity contribution in [2.45, 2.75) is 26.4 Å². The van der Waals surface area contributed by atoms with Gasteiger partial charge in [-0.1, -0.05) is 23.8 Å². The van der Waals surface area contributed by atoms with Crippen LogP contribution in [-0.2, 0) is 6.42 Å². The Balaban J connectivity index is 2.11. The fourth-order valence-electron chi connectivity index (χ4n) is 2.68. The predicted molar refractivity (Wildman–Crippen MR) is 77.4 cm³/mol. The van der Waals surface area contributed by atoms with Crippen molar-refractivity contribution in [3.63, 3.8) is 0 Å². The number of ether oxygens (including phenoxy) is 1. The van der Waals surface area contributed by atoms with Gasteiger partial charge in [0, 0.05) is 6.42 Å². The minimum Gasteiger partial charge on any atom is -0.490 e. The molecule has 2 aromatic carbocycles. The highest BCUT2D eigenvalue weighted by molar-refractivity contribution is 5.96. The van der Waals surface area contributed by atoms with Crippen LogP contribution in [0.2, 0.25) is 0 Å². The summed E-state index contributed by atoms with van der Waals surface area (Å²) in [5.41, 5.74) is 4.12. The van der Waals surface area contributed by atoms with E-state index in [2.05, 4.69) is 0 Å². The van der Waals surface area contributed by atoms with E-state index in [0.29, 0.717) is 5.56 Å². The monoisotopic (exact) mass is 268 g/mol. The van der Waals surface area contributed by atoms with E-state index in [0.717, 1.165) is 34.4 Å². The molecule has 0 saturated carbocycles. The zero-order valence-corrected chi connectivity index (χ0v) is 11.5. The van der Waals surface area contributed by atoms with Crippen LogP contribution in [0.1, 0.15) is 28.4 Å². The van der Waals surface area contributed by atoms with Crippen molar-refractivity contribution in [2.24, 2.45) is 0 Å². The summed E-state index contributed by atoms with van der Waals surface area (Å²) in [7, 11) is 0. The first-order chi connectivity index (χ1) is 9.54. The molecule has 20 heavy (non-hydrogen) atoms. The minimum absolute atomic E-state index is 0.192. The Morgan fingerprint density at radius 3 is 2.80 bits per heavy atom. The van der Waals surface area contributed by atoms with Crippen molar-refractivity contribution in [1.29, 1.82) is 0 Å². The number of hydrogen-bond donors (Lipinski definition) is 1. The standard InChI is InChI=1S/C17H16O3/c1-10-3-5-14(15(7-10)17(18)19)12-4-6-16-13(9-12)8-11(2)20-16/h3-7,9,11H,8H2,1-2H3,(H,18,19). The highest BCUT2D eigenvalue weighted by atomic mass is 16.5. The number of aryl methyl sites for hydroxylation is 1. The Morgan fingerprint density at radius 2 is 2.05 bits per heavy atom. The molecule has 3 nitrogen and oxygen atoms in total. The van der Waals surface area contributed by atoms with Gasteiger partial charge in [-0.2, -0.15) is 0 Å². The summed E-state index contributed by atoms with van der Waals surface area (Å²) >= 11 is 0. The summed E-state index contributed by atoms with van der Waals surface area (Å²) in [4.78, 5) is 11.4. The third kappa shape index (κ3) is 2.16. The van der Waals surface area contributed by atoms with Gasteiger partial charge in [-0.15, -0.1) is 0 Å². The number of aromatic carboxylic acids is 1. The second kappa shape index (κ2) is 4.67. The molecule has 2 aromatic rings. The van der Waals surface area contributed by atoms with Crippen molar-refractivity contribution in [3.05, 3.63) is 53.1 Å². The van der Waals surface area contributed by atoms with Crippen LogP contribution in [0.4, 0.5) is 0 Å². The van der Waals surface area contributed by atoms with Gasteiger partial charge in [-0.25, -0.2) is 4.79 Å². The normalized spacial score (nSPS) is 16.6. The van der Waals surface area contributed by atoms with Gasteiger partial charge in [0.15, 0.2) is 0 Å². The molecule has 0 fully saturated rings. The van der Waals surface area contributed by atoms with Gasteiger partial charge in [0.05, 0.1) is 5.56 Å². The quantitative estimate of drug-likeness (QED) is 0.903. The zero-order valence-electron chi connectivity index (χ0n) is 11.5. The molecular weight excluding hydrogens is 252 g/mol.